The molecule has 0 aliphatic carbocycles. The van der Waals surface area contributed by atoms with Gasteiger partial charge in [0.1, 0.15) is 23.3 Å². The molecule has 106 valence electrons. The molecule has 0 saturated carbocycles. The van der Waals surface area contributed by atoms with E-state index in [1.54, 1.807) is 6.07 Å². The van der Waals surface area contributed by atoms with Crippen LogP contribution in [-0.4, -0.2) is 9.97 Å². The van der Waals surface area contributed by atoms with E-state index in [4.69, 9.17) is 5.84 Å². The van der Waals surface area contributed by atoms with Crippen LogP contribution in [0.25, 0.3) is 0 Å². The van der Waals surface area contributed by atoms with Gasteiger partial charge in [0.25, 0.3) is 0 Å². The van der Waals surface area contributed by atoms with Crippen molar-refractivity contribution >= 4 is 11.6 Å². The molecule has 0 aliphatic heterocycles. The van der Waals surface area contributed by atoms with Gasteiger partial charge in [-0.2, -0.15) is 0 Å². The molecule has 1 aromatic carbocycles. The Morgan fingerprint density at radius 3 is 2.65 bits per heavy atom. The molecule has 5 nitrogen and oxygen atoms in total. The molecule has 0 aliphatic rings. The summed E-state index contributed by atoms with van der Waals surface area (Å²) in [5.41, 5.74) is 4.25. The molecule has 2 rings (SSSR count). The standard InChI is InChI=1S/C14H18FN5/c1-3-12-18-13(9(2)14(19-12)20-16)17-8-10-5-4-6-11(15)7-10/h4-7H,3,8,16H2,1-2H3,(H2,17,18,19,20). The second-order valence-electron chi connectivity index (χ2n) is 4.44. The molecule has 0 unspecified atom stereocenters. The lowest BCUT2D eigenvalue weighted by Crippen LogP contribution is -2.14. The van der Waals surface area contributed by atoms with Gasteiger partial charge in [-0.25, -0.2) is 20.2 Å². The first-order valence-corrected chi connectivity index (χ1v) is 6.46. The maximum Gasteiger partial charge on any atom is 0.148 e. The van der Waals surface area contributed by atoms with Crippen molar-refractivity contribution in [3.8, 4) is 0 Å². The van der Waals surface area contributed by atoms with E-state index in [1.807, 2.05) is 19.9 Å². The first-order chi connectivity index (χ1) is 9.63. The van der Waals surface area contributed by atoms with Crippen LogP contribution < -0.4 is 16.6 Å². The van der Waals surface area contributed by atoms with E-state index in [2.05, 4.69) is 20.7 Å². The van der Waals surface area contributed by atoms with Crippen molar-refractivity contribution in [2.24, 2.45) is 5.84 Å². The number of halogens is 1. The van der Waals surface area contributed by atoms with Crippen LogP contribution in [-0.2, 0) is 13.0 Å². The maximum absolute atomic E-state index is 13.1. The van der Waals surface area contributed by atoms with Crippen molar-refractivity contribution < 1.29 is 4.39 Å². The van der Waals surface area contributed by atoms with Crippen LogP contribution in [0.5, 0.6) is 0 Å². The van der Waals surface area contributed by atoms with Gasteiger partial charge < -0.3 is 10.7 Å². The fourth-order valence-electron chi connectivity index (χ4n) is 1.87. The van der Waals surface area contributed by atoms with E-state index in [1.165, 1.54) is 12.1 Å². The predicted octanol–water partition coefficient (Wildman–Crippen LogP) is 2.38. The van der Waals surface area contributed by atoms with Gasteiger partial charge in [-0.15, -0.1) is 0 Å². The molecule has 0 fully saturated rings. The van der Waals surface area contributed by atoms with Crippen LogP contribution in [0.15, 0.2) is 24.3 Å². The molecule has 0 bridgehead atoms. The molecule has 4 N–H and O–H groups in total. The van der Waals surface area contributed by atoms with E-state index in [0.717, 1.165) is 11.1 Å². The SMILES string of the molecule is CCc1nc(NN)c(C)c(NCc2cccc(F)c2)n1. The minimum absolute atomic E-state index is 0.248. The number of rotatable bonds is 5. The van der Waals surface area contributed by atoms with E-state index in [-0.39, 0.29) is 5.82 Å². The van der Waals surface area contributed by atoms with E-state index in [9.17, 15) is 4.39 Å². The first kappa shape index (κ1) is 14.2. The van der Waals surface area contributed by atoms with Crippen LogP contribution >= 0.6 is 0 Å². The van der Waals surface area contributed by atoms with Crippen molar-refractivity contribution in [2.45, 2.75) is 26.8 Å². The Hall–Kier alpha value is -2.21. The molecule has 1 heterocycles. The monoisotopic (exact) mass is 275 g/mol. The minimum Gasteiger partial charge on any atom is -0.366 e. The van der Waals surface area contributed by atoms with Crippen LogP contribution in [0.4, 0.5) is 16.0 Å². The average Bonchev–Trinajstić information content (AvgIpc) is 2.46. The Kier molecular flexibility index (Phi) is 4.47. The number of aryl methyl sites for hydroxylation is 1. The summed E-state index contributed by atoms with van der Waals surface area (Å²) in [6.07, 6.45) is 0.712. The van der Waals surface area contributed by atoms with Gasteiger partial charge in [0.2, 0.25) is 0 Å². The van der Waals surface area contributed by atoms with Crippen LogP contribution in [0.1, 0.15) is 23.9 Å². The van der Waals surface area contributed by atoms with E-state index < -0.39 is 0 Å². The third-order valence-corrected chi connectivity index (χ3v) is 2.99. The molecule has 0 atom stereocenters. The zero-order valence-electron chi connectivity index (χ0n) is 11.6. The van der Waals surface area contributed by atoms with Gasteiger partial charge in [-0.05, 0) is 24.6 Å². The van der Waals surface area contributed by atoms with Crippen molar-refractivity contribution in [2.75, 3.05) is 10.7 Å². The van der Waals surface area contributed by atoms with Crippen molar-refractivity contribution in [3.63, 3.8) is 0 Å². The number of benzene rings is 1. The smallest absolute Gasteiger partial charge is 0.148 e. The highest BCUT2D eigenvalue weighted by atomic mass is 19.1. The van der Waals surface area contributed by atoms with E-state index >= 15 is 0 Å². The number of hydrogen-bond donors (Lipinski definition) is 3. The molecule has 0 saturated heterocycles. The Bertz CT molecular complexity index is 600. The largest absolute Gasteiger partial charge is 0.366 e. The molecule has 0 amide bonds. The van der Waals surface area contributed by atoms with Gasteiger partial charge in [-0.1, -0.05) is 19.1 Å². The van der Waals surface area contributed by atoms with Gasteiger partial charge in [0.15, 0.2) is 0 Å². The fourth-order valence-corrected chi connectivity index (χ4v) is 1.87. The molecule has 0 radical (unpaired) electrons. The summed E-state index contributed by atoms with van der Waals surface area (Å²) in [5, 5.41) is 3.19. The van der Waals surface area contributed by atoms with Gasteiger partial charge >= 0.3 is 0 Å². The van der Waals surface area contributed by atoms with Crippen molar-refractivity contribution in [3.05, 3.63) is 47.0 Å². The van der Waals surface area contributed by atoms with Crippen LogP contribution in [0.2, 0.25) is 0 Å². The van der Waals surface area contributed by atoms with Crippen LogP contribution in [0, 0.1) is 12.7 Å². The summed E-state index contributed by atoms with van der Waals surface area (Å²) in [6.45, 7) is 4.34. The summed E-state index contributed by atoms with van der Waals surface area (Å²) < 4.78 is 13.1. The van der Waals surface area contributed by atoms with Gasteiger partial charge in [-0.3, -0.25) is 0 Å². The molecular formula is C14H18FN5. The Morgan fingerprint density at radius 1 is 1.25 bits per heavy atom. The lowest BCUT2D eigenvalue weighted by molar-refractivity contribution is 0.626. The van der Waals surface area contributed by atoms with Gasteiger partial charge in [0, 0.05) is 18.5 Å². The second-order valence-corrected chi connectivity index (χ2v) is 4.44. The third kappa shape index (κ3) is 3.21. The zero-order valence-corrected chi connectivity index (χ0v) is 11.6. The zero-order chi connectivity index (χ0) is 14.5. The molecule has 1 aromatic heterocycles. The summed E-state index contributed by atoms with van der Waals surface area (Å²) >= 11 is 0. The average molecular weight is 275 g/mol. The molecule has 2 aromatic rings. The van der Waals surface area contributed by atoms with Crippen LogP contribution in [0.3, 0.4) is 0 Å². The van der Waals surface area contributed by atoms with Gasteiger partial charge in [0.05, 0.1) is 0 Å². The summed E-state index contributed by atoms with van der Waals surface area (Å²) in [5.74, 6) is 7.20. The number of nitrogen functional groups attached to an aromatic ring is 1. The van der Waals surface area contributed by atoms with E-state index in [0.29, 0.717) is 30.4 Å². The third-order valence-electron chi connectivity index (χ3n) is 2.99. The lowest BCUT2D eigenvalue weighted by Gasteiger charge is -2.13. The number of hydrazine groups is 1. The summed E-state index contributed by atoms with van der Waals surface area (Å²) in [6, 6.07) is 6.45. The molecule has 0 spiro atoms. The fraction of sp³-hybridized carbons (Fsp3) is 0.286. The van der Waals surface area contributed by atoms with Crippen molar-refractivity contribution in [1.29, 1.82) is 0 Å². The summed E-state index contributed by atoms with van der Waals surface area (Å²) in [4.78, 5) is 8.72. The Morgan fingerprint density at radius 2 is 2.00 bits per heavy atom. The normalized spacial score (nSPS) is 10.4. The first-order valence-electron chi connectivity index (χ1n) is 6.46. The maximum atomic E-state index is 13.1. The Balaban J connectivity index is 2.20. The number of nitrogens with zero attached hydrogens (tertiary/aromatic N) is 2. The Labute approximate surface area is 117 Å². The number of aromatic nitrogens is 2. The molecular weight excluding hydrogens is 257 g/mol. The molecule has 20 heavy (non-hydrogen) atoms. The topological polar surface area (TPSA) is 75.9 Å². The predicted molar refractivity (Wildman–Crippen MR) is 77.7 cm³/mol. The minimum atomic E-state index is -0.248. The molecule has 6 heteroatoms. The van der Waals surface area contributed by atoms with Crippen molar-refractivity contribution in [1.82, 2.24) is 9.97 Å². The number of nitrogens with two attached hydrogens (primary N) is 1. The second kappa shape index (κ2) is 6.29. The number of hydrogen-bond acceptors (Lipinski definition) is 5. The highest BCUT2D eigenvalue weighted by Crippen LogP contribution is 2.20. The highest BCUT2D eigenvalue weighted by molar-refractivity contribution is 5.56. The summed E-state index contributed by atoms with van der Waals surface area (Å²) in [7, 11) is 0. The highest BCUT2D eigenvalue weighted by Gasteiger charge is 2.09. The number of nitrogens with one attached hydrogen (secondary N) is 2. The quantitative estimate of drug-likeness (QED) is 0.577. The number of anilines is 2. The lowest BCUT2D eigenvalue weighted by atomic mass is 10.2.